The summed E-state index contributed by atoms with van der Waals surface area (Å²) in [5.41, 5.74) is 0.817. The van der Waals surface area contributed by atoms with E-state index in [1.165, 1.54) is 4.90 Å². The van der Waals surface area contributed by atoms with Gasteiger partial charge in [-0.15, -0.1) is 0 Å². The fourth-order valence-electron chi connectivity index (χ4n) is 2.60. The molecule has 1 saturated heterocycles. The van der Waals surface area contributed by atoms with Crippen molar-refractivity contribution in [2.45, 2.75) is 24.8 Å². The van der Waals surface area contributed by atoms with E-state index in [1.54, 1.807) is 0 Å². The fourth-order valence-corrected chi connectivity index (χ4v) is 2.60. The number of nitrogens with one attached hydrogen (secondary N) is 2. The van der Waals surface area contributed by atoms with Crippen LogP contribution in [-0.2, 0) is 15.1 Å². The Kier molecular flexibility index (Phi) is 3.37. The topological polar surface area (TPSA) is 78.5 Å². The molecule has 2 N–H and O–H groups in total. The Balaban J connectivity index is 1.60. The summed E-state index contributed by atoms with van der Waals surface area (Å²) in [6, 6.07) is 9.34. The number of carbonyl (C=O) groups is 3. The third kappa shape index (κ3) is 2.89. The molecule has 6 heteroatoms. The Labute approximate surface area is 122 Å². The molecule has 1 aromatic rings. The molecule has 1 aromatic carbocycles. The molecule has 1 aliphatic heterocycles. The van der Waals surface area contributed by atoms with Gasteiger partial charge in [-0.3, -0.25) is 14.9 Å². The van der Waals surface area contributed by atoms with E-state index in [0.29, 0.717) is 0 Å². The van der Waals surface area contributed by atoms with Gasteiger partial charge in [-0.25, -0.2) is 4.79 Å². The van der Waals surface area contributed by atoms with Gasteiger partial charge in [0, 0.05) is 13.0 Å². The zero-order valence-electron chi connectivity index (χ0n) is 11.6. The van der Waals surface area contributed by atoms with Crippen LogP contribution in [0, 0.1) is 0 Å². The quantitative estimate of drug-likeness (QED) is 0.857. The Morgan fingerprint density at radius 2 is 1.95 bits per heavy atom. The monoisotopic (exact) mass is 287 g/mol. The van der Waals surface area contributed by atoms with Gasteiger partial charge >= 0.3 is 6.03 Å². The van der Waals surface area contributed by atoms with Gasteiger partial charge in [0.25, 0.3) is 0 Å². The van der Waals surface area contributed by atoms with Crippen molar-refractivity contribution in [2.24, 2.45) is 0 Å². The molecule has 3 rings (SSSR count). The lowest BCUT2D eigenvalue weighted by Crippen LogP contribution is -2.53. The first-order valence-electron chi connectivity index (χ1n) is 7.04. The summed E-state index contributed by atoms with van der Waals surface area (Å²) in [6.07, 6.45) is 2.06. The molecule has 21 heavy (non-hydrogen) atoms. The van der Waals surface area contributed by atoms with Crippen LogP contribution in [0.1, 0.15) is 24.8 Å². The van der Waals surface area contributed by atoms with Gasteiger partial charge in [0.1, 0.15) is 6.54 Å². The summed E-state index contributed by atoms with van der Waals surface area (Å²) in [5, 5.41) is 5.23. The summed E-state index contributed by atoms with van der Waals surface area (Å²) >= 11 is 0. The average molecular weight is 287 g/mol. The molecule has 2 fully saturated rings. The average Bonchev–Trinajstić information content (AvgIpc) is 3.24. The van der Waals surface area contributed by atoms with Crippen LogP contribution in [0.3, 0.4) is 0 Å². The Hall–Kier alpha value is -2.37. The van der Waals surface area contributed by atoms with Crippen LogP contribution in [0.5, 0.6) is 0 Å². The van der Waals surface area contributed by atoms with E-state index >= 15 is 0 Å². The molecule has 0 spiro atoms. The number of urea groups is 1. The molecule has 0 atom stereocenters. The number of benzene rings is 1. The van der Waals surface area contributed by atoms with Crippen LogP contribution >= 0.6 is 0 Å². The highest BCUT2D eigenvalue weighted by atomic mass is 16.2. The summed E-state index contributed by atoms with van der Waals surface area (Å²) in [7, 11) is 0. The highest BCUT2D eigenvalue weighted by molar-refractivity contribution is 5.98. The number of imide groups is 1. The van der Waals surface area contributed by atoms with Crippen molar-refractivity contribution >= 4 is 17.8 Å². The number of carbonyl (C=O) groups excluding carboxylic acids is 3. The molecule has 0 bridgehead atoms. The second-order valence-corrected chi connectivity index (χ2v) is 5.52. The highest BCUT2D eigenvalue weighted by Crippen LogP contribution is 2.45. The highest BCUT2D eigenvalue weighted by Gasteiger charge is 2.45. The lowest BCUT2D eigenvalue weighted by Gasteiger charge is -2.27. The molecule has 110 valence electrons. The van der Waals surface area contributed by atoms with Gasteiger partial charge in [0.2, 0.25) is 11.8 Å². The van der Waals surface area contributed by atoms with Crippen LogP contribution < -0.4 is 10.6 Å². The zero-order chi connectivity index (χ0) is 14.9. The van der Waals surface area contributed by atoms with Crippen LogP contribution in [-0.4, -0.2) is 35.8 Å². The Bertz CT molecular complexity index is 581. The minimum Gasteiger partial charge on any atom is -0.345 e. The van der Waals surface area contributed by atoms with Crippen LogP contribution in [0.25, 0.3) is 0 Å². The summed E-state index contributed by atoms with van der Waals surface area (Å²) < 4.78 is 0. The standard InChI is InChI=1S/C15H17N3O3/c19-12-6-9-18(14(21)16-12)10-13(20)17-15(7-8-15)11-4-2-1-3-5-11/h1-5H,6-10H2,(H,17,20)(H,16,19,21). The number of nitrogens with zero attached hydrogens (tertiary/aromatic N) is 1. The zero-order valence-corrected chi connectivity index (χ0v) is 11.6. The Morgan fingerprint density at radius 3 is 2.57 bits per heavy atom. The maximum atomic E-state index is 12.1. The number of hydrogen-bond acceptors (Lipinski definition) is 3. The van der Waals surface area contributed by atoms with Crippen LogP contribution in [0.4, 0.5) is 4.79 Å². The third-order valence-corrected chi connectivity index (χ3v) is 3.93. The summed E-state index contributed by atoms with van der Waals surface area (Å²) in [6.45, 7) is 0.268. The van der Waals surface area contributed by atoms with Crippen molar-refractivity contribution in [2.75, 3.05) is 13.1 Å². The van der Waals surface area contributed by atoms with Crippen LogP contribution in [0.2, 0.25) is 0 Å². The largest absolute Gasteiger partial charge is 0.345 e. The predicted molar refractivity (Wildman–Crippen MR) is 75.2 cm³/mol. The third-order valence-electron chi connectivity index (χ3n) is 3.93. The minimum absolute atomic E-state index is 0.0201. The van der Waals surface area contributed by atoms with Gasteiger partial charge < -0.3 is 10.2 Å². The normalized spacial score (nSPS) is 19.9. The molecule has 4 amide bonds. The van der Waals surface area contributed by atoms with E-state index in [1.807, 2.05) is 30.3 Å². The second-order valence-electron chi connectivity index (χ2n) is 5.52. The van der Waals surface area contributed by atoms with Crippen molar-refractivity contribution in [3.05, 3.63) is 35.9 Å². The van der Waals surface area contributed by atoms with Gasteiger partial charge in [-0.05, 0) is 18.4 Å². The van der Waals surface area contributed by atoms with E-state index in [-0.39, 0.29) is 36.9 Å². The lowest BCUT2D eigenvalue weighted by molar-refractivity contribution is -0.125. The molecule has 1 aliphatic carbocycles. The first-order valence-corrected chi connectivity index (χ1v) is 7.04. The minimum atomic E-state index is -0.494. The van der Waals surface area contributed by atoms with Crippen molar-refractivity contribution in [1.29, 1.82) is 0 Å². The SMILES string of the molecule is O=C1CCN(CC(=O)NC2(c3ccccc3)CC2)C(=O)N1. The molecule has 0 unspecified atom stereocenters. The molecule has 0 aromatic heterocycles. The molecule has 1 saturated carbocycles. The molecule has 0 radical (unpaired) electrons. The van der Waals surface area contributed by atoms with Crippen molar-refractivity contribution < 1.29 is 14.4 Å². The van der Waals surface area contributed by atoms with Crippen LogP contribution in [0.15, 0.2) is 30.3 Å². The van der Waals surface area contributed by atoms with Crippen molar-refractivity contribution in [3.8, 4) is 0 Å². The molecule has 1 heterocycles. The first-order chi connectivity index (χ1) is 10.1. The number of amides is 4. The molecular weight excluding hydrogens is 270 g/mol. The maximum Gasteiger partial charge on any atom is 0.324 e. The van der Waals surface area contributed by atoms with Gasteiger partial charge in [-0.1, -0.05) is 30.3 Å². The van der Waals surface area contributed by atoms with E-state index < -0.39 is 6.03 Å². The van der Waals surface area contributed by atoms with Gasteiger partial charge in [-0.2, -0.15) is 0 Å². The van der Waals surface area contributed by atoms with E-state index in [4.69, 9.17) is 0 Å². The smallest absolute Gasteiger partial charge is 0.324 e. The fraction of sp³-hybridized carbons (Fsp3) is 0.400. The van der Waals surface area contributed by atoms with E-state index in [0.717, 1.165) is 18.4 Å². The maximum absolute atomic E-state index is 12.1. The molecular formula is C15H17N3O3. The van der Waals surface area contributed by atoms with E-state index in [2.05, 4.69) is 10.6 Å². The second kappa shape index (κ2) is 5.20. The van der Waals surface area contributed by atoms with Crippen molar-refractivity contribution in [1.82, 2.24) is 15.5 Å². The summed E-state index contributed by atoms with van der Waals surface area (Å²) in [5.74, 6) is -0.486. The van der Waals surface area contributed by atoms with E-state index in [9.17, 15) is 14.4 Å². The van der Waals surface area contributed by atoms with Gasteiger partial charge in [0.15, 0.2) is 0 Å². The van der Waals surface area contributed by atoms with Crippen molar-refractivity contribution in [3.63, 3.8) is 0 Å². The molecule has 2 aliphatic rings. The van der Waals surface area contributed by atoms with Gasteiger partial charge in [0.05, 0.1) is 5.54 Å². The number of hydrogen-bond donors (Lipinski definition) is 2. The number of rotatable bonds is 4. The lowest BCUT2D eigenvalue weighted by atomic mass is 10.1. The molecule has 6 nitrogen and oxygen atoms in total. The summed E-state index contributed by atoms with van der Waals surface area (Å²) in [4.78, 5) is 36.2. The first kappa shape index (κ1) is 13.6. The Morgan fingerprint density at radius 1 is 1.24 bits per heavy atom. The predicted octanol–water partition coefficient (Wildman–Crippen LogP) is 0.734.